The van der Waals surface area contributed by atoms with Gasteiger partial charge >= 0.3 is 0 Å². The van der Waals surface area contributed by atoms with E-state index in [-0.39, 0.29) is 11.9 Å². The van der Waals surface area contributed by atoms with Crippen LogP contribution in [-0.2, 0) is 22.5 Å². The van der Waals surface area contributed by atoms with E-state index in [1.165, 1.54) is 12.5 Å². The van der Waals surface area contributed by atoms with Gasteiger partial charge in [-0.3, -0.25) is 9.36 Å². The molecule has 3 aromatic carbocycles. The van der Waals surface area contributed by atoms with Crippen LogP contribution in [0.3, 0.4) is 0 Å². The predicted octanol–water partition coefficient (Wildman–Crippen LogP) is 7.53. The summed E-state index contributed by atoms with van der Waals surface area (Å²) in [6.45, 7) is 0.348. The number of fused-ring (bicyclic) bond motifs is 2. The van der Waals surface area contributed by atoms with Crippen molar-refractivity contribution in [3.8, 4) is 28.6 Å². The normalized spacial score (nSPS) is 14.9. The smallest absolute Gasteiger partial charge is 0.269 e. The van der Waals surface area contributed by atoms with Gasteiger partial charge in [-0.25, -0.2) is 19.6 Å². The minimum atomic E-state index is -0.734. The van der Waals surface area contributed by atoms with Crippen molar-refractivity contribution in [3.05, 3.63) is 154 Å². The van der Waals surface area contributed by atoms with Crippen LogP contribution in [0.5, 0.6) is 5.75 Å². The van der Waals surface area contributed by atoms with E-state index < -0.39 is 6.29 Å². The first-order valence-corrected chi connectivity index (χ1v) is 17.8. The van der Waals surface area contributed by atoms with Gasteiger partial charge in [0.05, 0.1) is 22.7 Å². The third-order valence-corrected chi connectivity index (χ3v) is 10.0. The van der Waals surface area contributed by atoms with E-state index in [2.05, 4.69) is 43.5 Å². The number of anilines is 1. The number of carbonyl (C=O) groups is 1. The van der Waals surface area contributed by atoms with Gasteiger partial charge in [0.2, 0.25) is 0 Å². The molecule has 13 heteroatoms. The van der Waals surface area contributed by atoms with E-state index >= 15 is 0 Å². The second kappa shape index (κ2) is 13.6. The van der Waals surface area contributed by atoms with Crippen LogP contribution >= 0.6 is 15.9 Å². The summed E-state index contributed by atoms with van der Waals surface area (Å²) in [4.78, 5) is 28.2. The molecule has 0 saturated carbocycles. The molecule has 0 saturated heterocycles. The third kappa shape index (κ3) is 6.14. The summed E-state index contributed by atoms with van der Waals surface area (Å²) >= 11 is 3.63. The largest absolute Gasteiger partial charge is 0.488 e. The van der Waals surface area contributed by atoms with Gasteiger partial charge in [-0.05, 0) is 100 Å². The van der Waals surface area contributed by atoms with Gasteiger partial charge in [0.15, 0.2) is 17.3 Å². The highest BCUT2D eigenvalue weighted by Crippen LogP contribution is 2.39. The van der Waals surface area contributed by atoms with Crippen LogP contribution < -0.4 is 15.8 Å². The Hall–Kier alpha value is -6.47. The standard InChI is InChI=1S/C40H31BrN8O4/c41-31-22-34(53-23-24-6-2-1-3-7-24)30(40-51-18-19-52-40)21-29(31)39(50)46-32-12-9-25-20-26(10-11-27(25)32)49-37(28-8-4-15-43-36(28)42)45-33-13-14-35(47-38(33)49)48-17-5-16-44-48/h1-8,10-11,13-22,32,40H,9,12,23H2,(H2,42,43)(H,46,50)/t32-/m0/s1. The SMILES string of the molecule is Nc1ncccc1-c1nc2ccc(-n3cccn3)nc2n1-c1ccc2c(c1)CC[C@@H]2NC(=O)c1cc(C2OC=CO2)c(OCc2ccccc2)cc1Br. The third-order valence-electron chi connectivity index (χ3n) is 9.37. The van der Waals surface area contributed by atoms with Crippen LogP contribution in [0.2, 0.25) is 0 Å². The first-order chi connectivity index (χ1) is 26.0. The molecule has 1 aliphatic carbocycles. The minimum absolute atomic E-state index is 0.200. The molecule has 3 N–H and O–H groups in total. The first-order valence-electron chi connectivity index (χ1n) is 17.0. The van der Waals surface area contributed by atoms with Crippen molar-refractivity contribution in [2.45, 2.75) is 31.8 Å². The van der Waals surface area contributed by atoms with Crippen molar-refractivity contribution in [3.63, 3.8) is 0 Å². The van der Waals surface area contributed by atoms with Gasteiger partial charge in [-0.1, -0.05) is 36.4 Å². The number of nitrogens with zero attached hydrogens (tertiary/aromatic N) is 6. The molecular formula is C40H31BrN8O4. The van der Waals surface area contributed by atoms with Crippen molar-refractivity contribution >= 4 is 38.8 Å². The van der Waals surface area contributed by atoms with Crippen LogP contribution in [0.15, 0.2) is 127 Å². The van der Waals surface area contributed by atoms with Gasteiger partial charge in [-0.15, -0.1) is 0 Å². The van der Waals surface area contributed by atoms with Crippen molar-refractivity contribution in [1.29, 1.82) is 0 Å². The van der Waals surface area contributed by atoms with E-state index in [4.69, 9.17) is 29.9 Å². The lowest BCUT2D eigenvalue weighted by Crippen LogP contribution is -2.27. The molecule has 5 heterocycles. The molecule has 0 fully saturated rings. The molecule has 12 nitrogen and oxygen atoms in total. The Morgan fingerprint density at radius 2 is 1.81 bits per heavy atom. The Kier molecular flexibility index (Phi) is 8.31. The number of rotatable bonds is 9. The Bertz CT molecular complexity index is 2510. The van der Waals surface area contributed by atoms with E-state index in [0.29, 0.717) is 62.1 Å². The number of aromatic nitrogens is 6. The van der Waals surface area contributed by atoms with Crippen molar-refractivity contribution in [2.75, 3.05) is 5.73 Å². The van der Waals surface area contributed by atoms with Crippen LogP contribution in [0.1, 0.15) is 51.4 Å². The fourth-order valence-corrected chi connectivity index (χ4v) is 7.32. The first kappa shape index (κ1) is 32.4. The maximum absolute atomic E-state index is 13.9. The van der Waals surface area contributed by atoms with Crippen LogP contribution in [0.4, 0.5) is 5.82 Å². The highest BCUT2D eigenvalue weighted by Gasteiger charge is 2.29. The van der Waals surface area contributed by atoms with Crippen molar-refractivity contribution in [1.82, 2.24) is 34.6 Å². The van der Waals surface area contributed by atoms with Gasteiger partial charge in [0.1, 0.15) is 36.2 Å². The molecule has 7 aromatic rings. The molecular weight excluding hydrogens is 736 g/mol. The Morgan fingerprint density at radius 1 is 0.943 bits per heavy atom. The molecule has 0 bridgehead atoms. The molecule has 1 amide bonds. The number of amides is 1. The zero-order valence-corrected chi connectivity index (χ0v) is 29.7. The average Bonchev–Trinajstić information content (AvgIpc) is 4.02. The van der Waals surface area contributed by atoms with Gasteiger partial charge in [0, 0.05) is 28.8 Å². The van der Waals surface area contributed by atoms with Gasteiger partial charge < -0.3 is 25.3 Å². The maximum Gasteiger partial charge on any atom is 0.269 e. The van der Waals surface area contributed by atoms with E-state index in [1.54, 1.807) is 29.2 Å². The molecule has 0 radical (unpaired) electrons. The summed E-state index contributed by atoms with van der Waals surface area (Å²) in [5.41, 5.74) is 13.5. The van der Waals surface area contributed by atoms with Crippen LogP contribution in [0, 0.1) is 0 Å². The number of halogens is 1. The van der Waals surface area contributed by atoms with Crippen molar-refractivity contribution in [2.24, 2.45) is 0 Å². The van der Waals surface area contributed by atoms with Crippen LogP contribution in [0.25, 0.3) is 34.1 Å². The number of benzene rings is 3. The van der Waals surface area contributed by atoms with Gasteiger partial charge in [0.25, 0.3) is 12.2 Å². The number of nitrogen functional groups attached to an aromatic ring is 1. The van der Waals surface area contributed by atoms with E-state index in [1.807, 2.05) is 77.5 Å². The number of hydrogen-bond acceptors (Lipinski definition) is 9. The van der Waals surface area contributed by atoms with Crippen LogP contribution in [-0.4, -0.2) is 35.2 Å². The summed E-state index contributed by atoms with van der Waals surface area (Å²) in [6, 6.07) is 28.9. The van der Waals surface area contributed by atoms with E-state index in [9.17, 15) is 4.79 Å². The minimum Gasteiger partial charge on any atom is -0.488 e. The molecule has 4 aromatic heterocycles. The Morgan fingerprint density at radius 3 is 2.62 bits per heavy atom. The average molecular weight is 768 g/mol. The summed E-state index contributed by atoms with van der Waals surface area (Å²) in [5.74, 6) is 1.97. The lowest BCUT2D eigenvalue weighted by atomic mass is 10.0. The zero-order valence-electron chi connectivity index (χ0n) is 28.1. The Balaban J connectivity index is 1.02. The molecule has 0 unspecified atom stereocenters. The topological polar surface area (TPSA) is 144 Å². The fraction of sp³-hybridized carbons (Fsp3) is 0.125. The Labute approximate surface area is 312 Å². The maximum atomic E-state index is 13.9. The van der Waals surface area contributed by atoms with E-state index in [0.717, 1.165) is 35.2 Å². The summed E-state index contributed by atoms with van der Waals surface area (Å²) in [5, 5.41) is 7.63. The number of nitrogens with one attached hydrogen (secondary N) is 1. The summed E-state index contributed by atoms with van der Waals surface area (Å²) in [7, 11) is 0. The molecule has 1 atom stereocenters. The quantitative estimate of drug-likeness (QED) is 0.152. The molecule has 2 aliphatic rings. The number of hydrogen-bond donors (Lipinski definition) is 2. The monoisotopic (exact) mass is 766 g/mol. The second-order valence-electron chi connectivity index (χ2n) is 12.6. The lowest BCUT2D eigenvalue weighted by Gasteiger charge is -2.20. The number of aryl methyl sites for hydroxylation is 1. The summed E-state index contributed by atoms with van der Waals surface area (Å²) in [6.07, 6.45) is 8.95. The molecule has 0 spiro atoms. The number of carbonyl (C=O) groups excluding carboxylic acids is 1. The lowest BCUT2D eigenvalue weighted by molar-refractivity contribution is -0.0266. The summed E-state index contributed by atoms with van der Waals surface area (Å²) < 4.78 is 21.8. The highest BCUT2D eigenvalue weighted by molar-refractivity contribution is 9.10. The number of imidazole rings is 1. The van der Waals surface area contributed by atoms with Gasteiger partial charge in [-0.2, -0.15) is 5.10 Å². The number of nitrogens with two attached hydrogens (primary N) is 1. The second-order valence-corrected chi connectivity index (χ2v) is 13.5. The highest BCUT2D eigenvalue weighted by atomic mass is 79.9. The zero-order chi connectivity index (χ0) is 35.9. The number of pyridine rings is 2. The molecule has 53 heavy (non-hydrogen) atoms. The molecule has 262 valence electrons. The molecule has 1 aliphatic heterocycles. The van der Waals surface area contributed by atoms with Crippen molar-refractivity contribution < 1.29 is 19.0 Å². The fourth-order valence-electron chi connectivity index (χ4n) is 6.82. The number of ether oxygens (including phenoxy) is 3. The predicted molar refractivity (Wildman–Crippen MR) is 201 cm³/mol. The molecule has 9 rings (SSSR count).